The zero-order valence-electron chi connectivity index (χ0n) is 5.98. The molecule has 2 aliphatic carbocycles. The highest BCUT2D eigenvalue weighted by Crippen LogP contribution is 2.72. The lowest BCUT2D eigenvalue weighted by Crippen LogP contribution is -2.09. The van der Waals surface area contributed by atoms with Gasteiger partial charge in [0.1, 0.15) is 5.78 Å². The van der Waals surface area contributed by atoms with E-state index >= 15 is 0 Å². The molecule has 2 aliphatic rings. The van der Waals surface area contributed by atoms with Crippen molar-refractivity contribution in [2.75, 3.05) is 0 Å². The number of carbonyl (C=O) groups excluding carboxylic acids is 1. The Hall–Kier alpha value is -0.330. The first-order valence-corrected chi connectivity index (χ1v) is 3.67. The zero-order valence-corrected chi connectivity index (χ0v) is 5.98. The number of fused-ring (bicyclic) bond motifs is 1. The molecule has 1 heteroatoms. The van der Waals surface area contributed by atoms with Gasteiger partial charge in [0.05, 0.1) is 0 Å². The van der Waals surface area contributed by atoms with Crippen molar-refractivity contribution in [2.45, 2.75) is 26.7 Å². The van der Waals surface area contributed by atoms with Crippen LogP contribution >= 0.6 is 0 Å². The highest BCUT2D eigenvalue weighted by atomic mass is 16.1. The molecule has 0 N–H and O–H groups in total. The molecular formula is C8H12O. The van der Waals surface area contributed by atoms with Crippen LogP contribution in [0, 0.1) is 17.3 Å². The van der Waals surface area contributed by atoms with Crippen LogP contribution in [0.25, 0.3) is 0 Å². The maximum atomic E-state index is 10.9. The minimum atomic E-state index is 0.417. The molecule has 1 nitrogen and oxygen atoms in total. The highest BCUT2D eigenvalue weighted by molar-refractivity contribution is 5.83. The van der Waals surface area contributed by atoms with E-state index in [9.17, 15) is 4.79 Å². The van der Waals surface area contributed by atoms with Crippen LogP contribution in [-0.4, -0.2) is 5.78 Å². The van der Waals surface area contributed by atoms with Gasteiger partial charge in [0, 0.05) is 5.92 Å². The van der Waals surface area contributed by atoms with E-state index in [-0.39, 0.29) is 0 Å². The van der Waals surface area contributed by atoms with Crippen molar-refractivity contribution in [3.63, 3.8) is 0 Å². The molecule has 2 rings (SSSR count). The predicted octanol–water partition coefficient (Wildman–Crippen LogP) is 1.62. The second-order valence-electron chi connectivity index (χ2n) is 3.74. The van der Waals surface area contributed by atoms with Gasteiger partial charge >= 0.3 is 0 Å². The Morgan fingerprint density at radius 1 is 1.67 bits per heavy atom. The summed E-state index contributed by atoms with van der Waals surface area (Å²) in [6.45, 7) is 3.97. The summed E-state index contributed by atoms with van der Waals surface area (Å²) >= 11 is 0. The van der Waals surface area contributed by atoms with Crippen LogP contribution in [0.5, 0.6) is 0 Å². The third kappa shape index (κ3) is 0.440. The van der Waals surface area contributed by atoms with Gasteiger partial charge in [0.15, 0.2) is 0 Å². The van der Waals surface area contributed by atoms with E-state index in [4.69, 9.17) is 0 Å². The molecule has 3 atom stereocenters. The quantitative estimate of drug-likeness (QED) is 0.519. The summed E-state index contributed by atoms with van der Waals surface area (Å²) in [5, 5.41) is 0. The summed E-state index contributed by atoms with van der Waals surface area (Å²) in [6.07, 6.45) is 2.60. The minimum absolute atomic E-state index is 0.417. The lowest BCUT2D eigenvalue weighted by molar-refractivity contribution is -0.118. The van der Waals surface area contributed by atoms with Crippen LogP contribution in [0.2, 0.25) is 0 Å². The average Bonchev–Trinajstić information content (AvgIpc) is 2.13. The predicted molar refractivity (Wildman–Crippen MR) is 35.0 cm³/mol. The van der Waals surface area contributed by atoms with Crippen molar-refractivity contribution in [1.29, 1.82) is 0 Å². The number of ketones is 1. The monoisotopic (exact) mass is 124 g/mol. The molecule has 9 heavy (non-hydrogen) atoms. The van der Waals surface area contributed by atoms with Crippen LogP contribution in [0.1, 0.15) is 26.7 Å². The summed E-state index contributed by atoms with van der Waals surface area (Å²) in [7, 11) is 0. The molecule has 0 saturated heterocycles. The summed E-state index contributed by atoms with van der Waals surface area (Å²) in [5.41, 5.74) is 0.478. The molecule has 0 aromatic carbocycles. The van der Waals surface area contributed by atoms with Gasteiger partial charge in [-0.05, 0) is 31.1 Å². The van der Waals surface area contributed by atoms with E-state index in [1.54, 1.807) is 6.92 Å². The lowest BCUT2D eigenvalue weighted by Gasteiger charge is -2.18. The molecule has 0 aromatic rings. The number of rotatable bonds is 1. The van der Waals surface area contributed by atoms with Crippen molar-refractivity contribution in [3.05, 3.63) is 0 Å². The maximum Gasteiger partial charge on any atom is 0.133 e. The van der Waals surface area contributed by atoms with Gasteiger partial charge < -0.3 is 0 Å². The maximum absolute atomic E-state index is 10.9. The van der Waals surface area contributed by atoms with Crippen LogP contribution in [0.15, 0.2) is 0 Å². The summed E-state index contributed by atoms with van der Waals surface area (Å²) in [6, 6.07) is 0. The summed E-state index contributed by atoms with van der Waals surface area (Å²) in [4.78, 5) is 10.9. The Bertz CT molecular complexity index is 173. The van der Waals surface area contributed by atoms with E-state index < -0.39 is 0 Å². The van der Waals surface area contributed by atoms with Gasteiger partial charge in [-0.15, -0.1) is 0 Å². The SMILES string of the molecule is CC(=O)C1C2CCC21C. The second kappa shape index (κ2) is 1.23. The van der Waals surface area contributed by atoms with Crippen molar-refractivity contribution >= 4 is 5.78 Å². The van der Waals surface area contributed by atoms with E-state index in [2.05, 4.69) is 6.92 Å². The first kappa shape index (κ1) is 5.45. The van der Waals surface area contributed by atoms with Gasteiger partial charge in [0.25, 0.3) is 0 Å². The molecule has 0 aromatic heterocycles. The number of carbonyl (C=O) groups is 1. The fourth-order valence-electron chi connectivity index (χ4n) is 2.50. The summed E-state index contributed by atoms with van der Waals surface area (Å²) < 4.78 is 0. The van der Waals surface area contributed by atoms with Crippen molar-refractivity contribution in [2.24, 2.45) is 17.3 Å². The molecular weight excluding hydrogens is 112 g/mol. The largest absolute Gasteiger partial charge is 0.300 e. The second-order valence-corrected chi connectivity index (χ2v) is 3.74. The van der Waals surface area contributed by atoms with Gasteiger partial charge in [-0.25, -0.2) is 0 Å². The van der Waals surface area contributed by atoms with Crippen molar-refractivity contribution in [1.82, 2.24) is 0 Å². The Morgan fingerprint density at radius 3 is 2.33 bits per heavy atom. The molecule has 50 valence electrons. The Balaban J connectivity index is 2.14. The molecule has 0 aliphatic heterocycles. The fourth-order valence-corrected chi connectivity index (χ4v) is 2.50. The van der Waals surface area contributed by atoms with E-state index in [1.165, 1.54) is 12.8 Å². The third-order valence-corrected chi connectivity index (χ3v) is 3.28. The molecule has 0 amide bonds. The number of hydrogen-bond acceptors (Lipinski definition) is 1. The van der Waals surface area contributed by atoms with Gasteiger partial charge in [-0.2, -0.15) is 0 Å². The molecule has 0 bridgehead atoms. The van der Waals surface area contributed by atoms with Crippen LogP contribution in [0.4, 0.5) is 0 Å². The van der Waals surface area contributed by atoms with E-state index in [0.29, 0.717) is 17.1 Å². The first-order chi connectivity index (χ1) is 4.16. The Kier molecular flexibility index (Phi) is 0.744. The van der Waals surface area contributed by atoms with Crippen molar-refractivity contribution in [3.8, 4) is 0 Å². The number of Topliss-reactive ketones (excluding diaryl/α,β-unsaturated/α-hetero) is 1. The van der Waals surface area contributed by atoms with Crippen LogP contribution in [-0.2, 0) is 4.79 Å². The third-order valence-electron chi connectivity index (χ3n) is 3.28. The number of hydrogen-bond donors (Lipinski definition) is 0. The van der Waals surface area contributed by atoms with E-state index in [0.717, 1.165) is 5.92 Å². The van der Waals surface area contributed by atoms with Gasteiger partial charge in [-0.1, -0.05) is 6.92 Å². The molecule has 3 unspecified atom stereocenters. The van der Waals surface area contributed by atoms with E-state index in [1.807, 2.05) is 0 Å². The zero-order chi connectivity index (χ0) is 6.65. The normalized spacial score (nSPS) is 53.6. The fraction of sp³-hybridized carbons (Fsp3) is 0.875. The first-order valence-electron chi connectivity index (χ1n) is 3.67. The van der Waals surface area contributed by atoms with Gasteiger partial charge in [-0.3, -0.25) is 4.79 Å². The molecule has 2 fully saturated rings. The molecule has 2 saturated carbocycles. The van der Waals surface area contributed by atoms with Crippen LogP contribution < -0.4 is 0 Å². The standard InChI is InChI=1S/C8H12O/c1-5(9)7-6-3-4-8(6,7)2/h6-7H,3-4H2,1-2H3. The minimum Gasteiger partial charge on any atom is -0.300 e. The van der Waals surface area contributed by atoms with Crippen LogP contribution in [0.3, 0.4) is 0 Å². The highest BCUT2D eigenvalue weighted by Gasteiger charge is 2.68. The molecule has 0 spiro atoms. The smallest absolute Gasteiger partial charge is 0.133 e. The Labute approximate surface area is 55.4 Å². The molecule has 0 heterocycles. The van der Waals surface area contributed by atoms with Gasteiger partial charge in [0.2, 0.25) is 0 Å². The Morgan fingerprint density at radius 2 is 2.22 bits per heavy atom. The van der Waals surface area contributed by atoms with Crippen molar-refractivity contribution < 1.29 is 4.79 Å². The topological polar surface area (TPSA) is 17.1 Å². The summed E-state index contributed by atoms with van der Waals surface area (Å²) in [5.74, 6) is 1.66. The average molecular weight is 124 g/mol. The lowest BCUT2D eigenvalue weighted by atomic mass is 9.87. The molecule has 0 radical (unpaired) electrons.